The number of carbonyl (C=O) groups is 1. The van der Waals surface area contributed by atoms with Gasteiger partial charge in [0.15, 0.2) is 5.75 Å². The molecule has 19 heavy (non-hydrogen) atoms. The predicted octanol–water partition coefficient (Wildman–Crippen LogP) is 3.48. The fourth-order valence-corrected chi connectivity index (χ4v) is 1.73. The van der Waals surface area contributed by atoms with Crippen LogP contribution in [0.2, 0.25) is 10.0 Å². The van der Waals surface area contributed by atoms with Gasteiger partial charge in [-0.25, -0.2) is 9.78 Å². The molecule has 0 saturated carbocycles. The van der Waals surface area contributed by atoms with Crippen LogP contribution in [-0.2, 0) is 0 Å². The van der Waals surface area contributed by atoms with Crippen LogP contribution in [0.4, 0.5) is 0 Å². The first-order valence-corrected chi connectivity index (χ1v) is 5.90. The van der Waals surface area contributed by atoms with E-state index in [1.807, 2.05) is 6.07 Å². The van der Waals surface area contributed by atoms with E-state index in [1.54, 1.807) is 12.1 Å². The lowest BCUT2D eigenvalue weighted by atomic mass is 10.2. The van der Waals surface area contributed by atoms with Crippen LogP contribution in [0, 0.1) is 11.3 Å². The lowest BCUT2D eigenvalue weighted by Gasteiger charge is -2.07. The number of halogens is 2. The highest BCUT2D eigenvalue weighted by atomic mass is 35.5. The molecule has 0 aliphatic heterocycles. The SMILES string of the molecule is N#Cc1cc(Cl)c(OC(=O)c2ccccn2)cc1Cl. The van der Waals surface area contributed by atoms with Crippen molar-refractivity contribution < 1.29 is 9.53 Å². The largest absolute Gasteiger partial charge is 0.420 e. The average molecular weight is 293 g/mol. The summed E-state index contributed by atoms with van der Waals surface area (Å²) >= 11 is 11.7. The highest BCUT2D eigenvalue weighted by Gasteiger charge is 2.14. The molecule has 0 bridgehead atoms. The summed E-state index contributed by atoms with van der Waals surface area (Å²) in [5.41, 5.74) is 0.364. The first kappa shape index (κ1) is 13.3. The third-order valence-electron chi connectivity index (χ3n) is 2.22. The molecular formula is C13H6Cl2N2O2. The zero-order valence-corrected chi connectivity index (χ0v) is 10.9. The van der Waals surface area contributed by atoms with Crippen LogP contribution in [-0.4, -0.2) is 11.0 Å². The maximum absolute atomic E-state index is 11.8. The number of carbonyl (C=O) groups excluding carboxylic acids is 1. The molecule has 0 unspecified atom stereocenters. The summed E-state index contributed by atoms with van der Waals surface area (Å²) in [6, 6.07) is 9.40. The molecule has 6 heteroatoms. The molecule has 0 aliphatic rings. The molecule has 0 atom stereocenters. The quantitative estimate of drug-likeness (QED) is 0.628. The van der Waals surface area contributed by atoms with Gasteiger partial charge in [-0.2, -0.15) is 5.26 Å². The fraction of sp³-hybridized carbons (Fsp3) is 0. The third-order valence-corrected chi connectivity index (χ3v) is 2.83. The van der Waals surface area contributed by atoms with Crippen molar-refractivity contribution in [3.8, 4) is 11.8 Å². The van der Waals surface area contributed by atoms with Gasteiger partial charge in [0.2, 0.25) is 0 Å². The molecule has 0 spiro atoms. The maximum atomic E-state index is 11.8. The van der Waals surface area contributed by atoms with Crippen molar-refractivity contribution in [2.45, 2.75) is 0 Å². The van der Waals surface area contributed by atoms with Crippen molar-refractivity contribution in [2.24, 2.45) is 0 Å². The topological polar surface area (TPSA) is 63.0 Å². The molecule has 0 saturated heterocycles. The third kappa shape index (κ3) is 3.02. The molecule has 0 N–H and O–H groups in total. The van der Waals surface area contributed by atoms with E-state index in [2.05, 4.69) is 4.98 Å². The summed E-state index contributed by atoms with van der Waals surface area (Å²) in [5.74, 6) is -0.565. The fourth-order valence-electron chi connectivity index (χ4n) is 1.33. The lowest BCUT2D eigenvalue weighted by molar-refractivity contribution is 0.0728. The Labute approximate surface area is 119 Å². The van der Waals surface area contributed by atoms with Crippen LogP contribution in [0.15, 0.2) is 36.5 Å². The highest BCUT2D eigenvalue weighted by Crippen LogP contribution is 2.31. The van der Waals surface area contributed by atoms with Gasteiger partial charge in [0.05, 0.1) is 15.6 Å². The molecule has 1 aromatic carbocycles. The average Bonchev–Trinajstić information content (AvgIpc) is 2.43. The van der Waals surface area contributed by atoms with Crippen LogP contribution < -0.4 is 4.74 Å². The zero-order chi connectivity index (χ0) is 13.8. The van der Waals surface area contributed by atoms with Gasteiger partial charge < -0.3 is 4.74 Å². The van der Waals surface area contributed by atoms with E-state index in [1.165, 1.54) is 24.4 Å². The van der Waals surface area contributed by atoms with E-state index in [-0.39, 0.29) is 27.1 Å². The molecule has 0 radical (unpaired) electrons. The van der Waals surface area contributed by atoms with E-state index >= 15 is 0 Å². The van der Waals surface area contributed by atoms with Crippen molar-refractivity contribution >= 4 is 29.2 Å². The van der Waals surface area contributed by atoms with Gasteiger partial charge in [-0.3, -0.25) is 0 Å². The van der Waals surface area contributed by atoms with Gasteiger partial charge in [0.1, 0.15) is 11.8 Å². The maximum Gasteiger partial charge on any atom is 0.362 e. The second-order valence-electron chi connectivity index (χ2n) is 3.48. The van der Waals surface area contributed by atoms with Crippen molar-refractivity contribution in [3.05, 3.63) is 57.8 Å². The molecule has 94 valence electrons. The van der Waals surface area contributed by atoms with Gasteiger partial charge in [-0.1, -0.05) is 29.3 Å². The lowest BCUT2D eigenvalue weighted by Crippen LogP contribution is -2.10. The number of pyridine rings is 1. The summed E-state index contributed by atoms with van der Waals surface area (Å²) in [4.78, 5) is 15.6. The van der Waals surface area contributed by atoms with E-state index in [0.717, 1.165) is 0 Å². The Balaban J connectivity index is 2.28. The second-order valence-corrected chi connectivity index (χ2v) is 4.29. The normalized spacial score (nSPS) is 9.74. The second kappa shape index (κ2) is 5.70. The highest BCUT2D eigenvalue weighted by molar-refractivity contribution is 6.35. The van der Waals surface area contributed by atoms with Gasteiger partial charge in [-0.05, 0) is 18.2 Å². The van der Waals surface area contributed by atoms with Gasteiger partial charge >= 0.3 is 5.97 Å². The summed E-state index contributed by atoms with van der Waals surface area (Å²) in [6.45, 7) is 0. The zero-order valence-electron chi connectivity index (χ0n) is 9.43. The van der Waals surface area contributed by atoms with Gasteiger partial charge in [-0.15, -0.1) is 0 Å². The minimum absolute atomic E-state index is 0.0846. The number of hydrogen-bond donors (Lipinski definition) is 0. The molecule has 1 aromatic heterocycles. The van der Waals surface area contributed by atoms with Crippen molar-refractivity contribution in [1.82, 2.24) is 4.98 Å². The van der Waals surface area contributed by atoms with Crippen LogP contribution in [0.25, 0.3) is 0 Å². The minimum Gasteiger partial charge on any atom is -0.420 e. The van der Waals surface area contributed by atoms with Crippen LogP contribution in [0.5, 0.6) is 5.75 Å². The minimum atomic E-state index is -0.650. The summed E-state index contributed by atoms with van der Waals surface area (Å²) < 4.78 is 5.08. The molecule has 0 fully saturated rings. The van der Waals surface area contributed by atoms with Crippen molar-refractivity contribution in [2.75, 3.05) is 0 Å². The molecule has 2 rings (SSSR count). The Morgan fingerprint density at radius 2 is 2.05 bits per heavy atom. The molecule has 0 aliphatic carbocycles. The van der Waals surface area contributed by atoms with E-state index in [9.17, 15) is 4.79 Å². The number of ether oxygens (including phenoxy) is 1. The van der Waals surface area contributed by atoms with Crippen LogP contribution in [0.1, 0.15) is 16.1 Å². The Morgan fingerprint density at radius 3 is 2.68 bits per heavy atom. The van der Waals surface area contributed by atoms with E-state index < -0.39 is 5.97 Å². The number of esters is 1. The first-order valence-electron chi connectivity index (χ1n) is 5.14. The molecule has 4 nitrogen and oxygen atoms in total. The Kier molecular flexibility index (Phi) is 4.00. The molecule has 0 amide bonds. The van der Waals surface area contributed by atoms with Crippen LogP contribution in [0.3, 0.4) is 0 Å². The molecule has 1 heterocycles. The number of benzene rings is 1. The van der Waals surface area contributed by atoms with Crippen LogP contribution >= 0.6 is 23.2 Å². The molecule has 2 aromatic rings. The smallest absolute Gasteiger partial charge is 0.362 e. The van der Waals surface area contributed by atoms with Crippen molar-refractivity contribution in [1.29, 1.82) is 5.26 Å². The number of rotatable bonds is 2. The number of aromatic nitrogens is 1. The number of hydrogen-bond acceptors (Lipinski definition) is 4. The predicted molar refractivity (Wildman–Crippen MR) is 70.4 cm³/mol. The molecular weight excluding hydrogens is 287 g/mol. The Hall–Kier alpha value is -2.09. The standard InChI is InChI=1S/C13H6Cl2N2O2/c14-9-6-12(10(15)5-8(9)7-16)19-13(18)11-3-1-2-4-17-11/h1-6H. The first-order chi connectivity index (χ1) is 9.11. The van der Waals surface area contributed by atoms with Gasteiger partial charge in [0.25, 0.3) is 0 Å². The number of nitriles is 1. The summed E-state index contributed by atoms with van der Waals surface area (Å²) in [7, 11) is 0. The van der Waals surface area contributed by atoms with Crippen molar-refractivity contribution in [3.63, 3.8) is 0 Å². The summed E-state index contributed by atoms with van der Waals surface area (Å²) in [6.07, 6.45) is 1.48. The Morgan fingerprint density at radius 1 is 1.26 bits per heavy atom. The monoisotopic (exact) mass is 292 g/mol. The number of nitrogens with zero attached hydrogens (tertiary/aromatic N) is 2. The van der Waals surface area contributed by atoms with E-state index in [4.69, 9.17) is 33.2 Å². The van der Waals surface area contributed by atoms with Gasteiger partial charge in [0, 0.05) is 12.3 Å². The van der Waals surface area contributed by atoms with E-state index in [0.29, 0.717) is 0 Å². The summed E-state index contributed by atoms with van der Waals surface area (Å²) in [5, 5.41) is 9.08. The Bertz CT molecular complexity index is 666.